The number of nitrogens with one attached hydrogen (secondary N) is 4. The van der Waals surface area contributed by atoms with Gasteiger partial charge in [-0.1, -0.05) is 12.1 Å². The predicted octanol–water partition coefficient (Wildman–Crippen LogP) is 4.63. The first-order valence-electron chi connectivity index (χ1n) is 8.89. The molecule has 0 aliphatic rings. The lowest BCUT2D eigenvalue weighted by molar-refractivity contribution is 0.102. The molecule has 1 amide bonds. The summed E-state index contributed by atoms with van der Waals surface area (Å²) < 4.78 is 0. The minimum absolute atomic E-state index is 0.153. The van der Waals surface area contributed by atoms with E-state index < -0.39 is 0 Å². The summed E-state index contributed by atoms with van der Waals surface area (Å²) in [5.74, 6) is 0.553. The Bertz CT molecular complexity index is 1060. The summed E-state index contributed by atoms with van der Waals surface area (Å²) in [5.41, 5.74) is 5.20. The Kier molecular flexibility index (Phi) is 4.38. The average molecular weight is 359 g/mol. The molecule has 0 bridgehead atoms. The van der Waals surface area contributed by atoms with Crippen molar-refractivity contribution in [3.63, 3.8) is 0 Å². The number of hydrogen-bond acceptors (Lipinski definition) is 3. The largest absolute Gasteiger partial charge is 0.367 e. The summed E-state index contributed by atoms with van der Waals surface area (Å²) in [6.45, 7) is 4.10. The van der Waals surface area contributed by atoms with Gasteiger partial charge in [-0.2, -0.15) is 0 Å². The topological polar surface area (TPSA) is 85.6 Å². The van der Waals surface area contributed by atoms with Crippen LogP contribution in [0.4, 0.5) is 11.6 Å². The number of aromatic nitrogens is 3. The third-order valence-electron chi connectivity index (χ3n) is 4.24. The number of amides is 1. The van der Waals surface area contributed by atoms with Crippen LogP contribution in [0, 0.1) is 0 Å². The number of fused-ring (bicyclic) bond motifs is 1. The number of aromatic amines is 2. The molecule has 0 atom stereocenters. The third kappa shape index (κ3) is 3.69. The number of imidazole rings is 1. The van der Waals surface area contributed by atoms with E-state index in [1.807, 2.05) is 68.7 Å². The first-order chi connectivity index (χ1) is 13.1. The van der Waals surface area contributed by atoms with Gasteiger partial charge in [0.2, 0.25) is 5.95 Å². The van der Waals surface area contributed by atoms with Gasteiger partial charge in [-0.15, -0.1) is 0 Å². The van der Waals surface area contributed by atoms with E-state index in [-0.39, 0.29) is 11.9 Å². The molecule has 2 heterocycles. The van der Waals surface area contributed by atoms with Crippen molar-refractivity contribution < 1.29 is 4.79 Å². The number of hydrogen-bond donors (Lipinski definition) is 4. The lowest BCUT2D eigenvalue weighted by Crippen LogP contribution is -2.11. The molecular formula is C21H21N5O. The summed E-state index contributed by atoms with van der Waals surface area (Å²) in [4.78, 5) is 23.3. The number of rotatable bonds is 5. The van der Waals surface area contributed by atoms with Gasteiger partial charge in [0.05, 0.1) is 11.0 Å². The van der Waals surface area contributed by atoms with Crippen LogP contribution in [0.2, 0.25) is 0 Å². The zero-order chi connectivity index (χ0) is 18.8. The van der Waals surface area contributed by atoms with Crippen molar-refractivity contribution in [2.75, 3.05) is 10.6 Å². The van der Waals surface area contributed by atoms with Crippen molar-refractivity contribution >= 4 is 28.6 Å². The molecule has 4 rings (SSSR count). The maximum atomic E-state index is 12.6. The molecule has 2 aromatic carbocycles. The number of carbonyl (C=O) groups is 1. The van der Waals surface area contributed by atoms with E-state index in [9.17, 15) is 4.79 Å². The zero-order valence-corrected chi connectivity index (χ0v) is 15.2. The van der Waals surface area contributed by atoms with Crippen LogP contribution in [0.25, 0.3) is 22.2 Å². The van der Waals surface area contributed by atoms with Crippen LogP contribution in [0.1, 0.15) is 24.2 Å². The number of H-pyrrole nitrogens is 2. The molecule has 27 heavy (non-hydrogen) atoms. The Balaban J connectivity index is 1.50. The zero-order valence-electron chi connectivity index (χ0n) is 15.2. The minimum atomic E-state index is -0.153. The first kappa shape index (κ1) is 16.9. The van der Waals surface area contributed by atoms with Crippen LogP contribution >= 0.6 is 0 Å². The normalized spacial score (nSPS) is 11.1. The van der Waals surface area contributed by atoms with Gasteiger partial charge in [0.25, 0.3) is 5.91 Å². The molecule has 4 aromatic rings. The molecule has 0 spiro atoms. The maximum absolute atomic E-state index is 12.6. The van der Waals surface area contributed by atoms with Crippen molar-refractivity contribution in [3.05, 3.63) is 66.5 Å². The predicted molar refractivity (Wildman–Crippen MR) is 109 cm³/mol. The molecule has 2 aromatic heterocycles. The van der Waals surface area contributed by atoms with Gasteiger partial charge in [0.15, 0.2) is 0 Å². The van der Waals surface area contributed by atoms with E-state index >= 15 is 0 Å². The van der Waals surface area contributed by atoms with Crippen LogP contribution in [0.5, 0.6) is 0 Å². The van der Waals surface area contributed by atoms with Crippen molar-refractivity contribution in [2.45, 2.75) is 19.9 Å². The van der Waals surface area contributed by atoms with Crippen LogP contribution in [-0.2, 0) is 0 Å². The molecule has 0 saturated heterocycles. The van der Waals surface area contributed by atoms with Gasteiger partial charge in [-0.05, 0) is 61.4 Å². The van der Waals surface area contributed by atoms with Gasteiger partial charge in [-0.25, -0.2) is 4.98 Å². The summed E-state index contributed by atoms with van der Waals surface area (Å²) in [7, 11) is 0. The van der Waals surface area contributed by atoms with Gasteiger partial charge in [0, 0.05) is 29.7 Å². The molecule has 4 N–H and O–H groups in total. The fourth-order valence-corrected chi connectivity index (χ4v) is 2.95. The smallest absolute Gasteiger partial charge is 0.255 e. The van der Waals surface area contributed by atoms with Gasteiger partial charge >= 0.3 is 0 Å². The number of nitrogens with zero attached hydrogens (tertiary/aromatic N) is 1. The molecular weight excluding hydrogens is 338 g/mol. The van der Waals surface area contributed by atoms with E-state index in [2.05, 4.69) is 25.6 Å². The number of benzene rings is 2. The van der Waals surface area contributed by atoms with E-state index in [0.29, 0.717) is 11.5 Å². The quantitative estimate of drug-likeness (QED) is 0.419. The highest BCUT2D eigenvalue weighted by Gasteiger charge is 2.10. The summed E-state index contributed by atoms with van der Waals surface area (Å²) >= 11 is 0. The Morgan fingerprint density at radius 3 is 2.56 bits per heavy atom. The number of carbonyl (C=O) groups excluding carboxylic acids is 1. The molecule has 136 valence electrons. The standard InChI is InChI=1S/C21H21N5O/c1-13(2)23-21-25-18-8-5-15(11-19(18)26-21)20(27)24-17-6-3-14(4-7-17)16-9-10-22-12-16/h3-13,22H,1-2H3,(H,24,27)(H2,23,25,26). The fraction of sp³-hybridized carbons (Fsp3) is 0.143. The molecule has 6 nitrogen and oxygen atoms in total. The van der Waals surface area contributed by atoms with Gasteiger partial charge in [0.1, 0.15) is 0 Å². The molecule has 0 unspecified atom stereocenters. The van der Waals surface area contributed by atoms with Crippen LogP contribution in [-0.4, -0.2) is 26.9 Å². The maximum Gasteiger partial charge on any atom is 0.255 e. The third-order valence-corrected chi connectivity index (χ3v) is 4.24. The molecule has 0 aliphatic heterocycles. The van der Waals surface area contributed by atoms with Gasteiger partial charge < -0.3 is 20.6 Å². The SMILES string of the molecule is CC(C)Nc1nc2ccc(C(=O)Nc3ccc(-c4cc[nH]c4)cc3)cc2[nH]1. The average Bonchev–Trinajstić information content (AvgIpc) is 3.30. The van der Waals surface area contributed by atoms with E-state index in [1.165, 1.54) is 0 Å². The Morgan fingerprint density at radius 1 is 1.04 bits per heavy atom. The second-order valence-electron chi connectivity index (χ2n) is 6.75. The molecule has 0 fully saturated rings. The molecule has 0 saturated carbocycles. The van der Waals surface area contributed by atoms with Crippen molar-refractivity contribution in [2.24, 2.45) is 0 Å². The van der Waals surface area contributed by atoms with Crippen LogP contribution < -0.4 is 10.6 Å². The van der Waals surface area contributed by atoms with Crippen LogP contribution in [0.15, 0.2) is 60.9 Å². The molecule has 0 aliphatic carbocycles. The van der Waals surface area contributed by atoms with Crippen molar-refractivity contribution in [1.29, 1.82) is 0 Å². The van der Waals surface area contributed by atoms with Crippen molar-refractivity contribution in [3.8, 4) is 11.1 Å². The Hall–Kier alpha value is -3.54. The minimum Gasteiger partial charge on any atom is -0.367 e. The van der Waals surface area contributed by atoms with Crippen molar-refractivity contribution in [1.82, 2.24) is 15.0 Å². The van der Waals surface area contributed by atoms with E-state index in [1.54, 1.807) is 6.07 Å². The summed E-state index contributed by atoms with van der Waals surface area (Å²) in [5, 5.41) is 6.17. The van der Waals surface area contributed by atoms with E-state index in [0.717, 1.165) is 27.8 Å². The highest BCUT2D eigenvalue weighted by atomic mass is 16.1. The second-order valence-corrected chi connectivity index (χ2v) is 6.75. The Labute approximate surface area is 157 Å². The molecule has 6 heteroatoms. The summed E-state index contributed by atoms with van der Waals surface area (Å²) in [6.07, 6.45) is 3.83. The Morgan fingerprint density at radius 2 is 1.85 bits per heavy atom. The van der Waals surface area contributed by atoms with Gasteiger partial charge in [-0.3, -0.25) is 4.79 Å². The molecule has 0 radical (unpaired) electrons. The second kappa shape index (κ2) is 6.99. The number of anilines is 2. The highest BCUT2D eigenvalue weighted by molar-refractivity contribution is 6.06. The monoisotopic (exact) mass is 359 g/mol. The lowest BCUT2D eigenvalue weighted by atomic mass is 10.1. The van der Waals surface area contributed by atoms with E-state index in [4.69, 9.17) is 0 Å². The first-order valence-corrected chi connectivity index (χ1v) is 8.89. The van der Waals surface area contributed by atoms with Crippen LogP contribution in [0.3, 0.4) is 0 Å². The summed E-state index contributed by atoms with van der Waals surface area (Å²) in [6, 6.07) is 15.5. The lowest BCUT2D eigenvalue weighted by Gasteiger charge is -2.06. The fourth-order valence-electron chi connectivity index (χ4n) is 2.95. The highest BCUT2D eigenvalue weighted by Crippen LogP contribution is 2.22.